The molecule has 3 saturated heterocycles. The highest BCUT2D eigenvalue weighted by Crippen LogP contribution is 2.41. The van der Waals surface area contributed by atoms with Crippen molar-refractivity contribution in [1.29, 1.82) is 0 Å². The van der Waals surface area contributed by atoms with Crippen molar-refractivity contribution in [3.63, 3.8) is 0 Å². The summed E-state index contributed by atoms with van der Waals surface area (Å²) in [5, 5.41) is 0. The van der Waals surface area contributed by atoms with Crippen LogP contribution in [0.1, 0.15) is 37.7 Å². The largest absolute Gasteiger partial charge is 0.465 e. The maximum atomic E-state index is 12.4. The number of amides is 1. The number of cyclic esters (lactones) is 1. The van der Waals surface area contributed by atoms with Gasteiger partial charge in [0.15, 0.2) is 9.84 Å². The molecule has 164 valence electrons. The standard InChI is InChI=1S/C22H30N2O5S/c1-30(27,28)19-5-2-17(3-6-19)13-23-10-8-22(9-11-23)15-24(16-22)20(25)7-4-18-12-21(26)29-14-18/h2-3,5-6,18H,4,7-16H2,1H3/t18-/m0/s1. The van der Waals surface area contributed by atoms with E-state index >= 15 is 0 Å². The van der Waals surface area contributed by atoms with Crippen LogP contribution < -0.4 is 0 Å². The molecule has 1 aromatic carbocycles. The number of sulfone groups is 1. The fourth-order valence-corrected chi connectivity index (χ4v) is 5.41. The molecule has 0 radical (unpaired) electrons. The number of carbonyl (C=O) groups is 2. The zero-order valence-electron chi connectivity index (χ0n) is 17.5. The number of hydrogen-bond acceptors (Lipinski definition) is 6. The minimum atomic E-state index is -3.15. The van der Waals surface area contributed by atoms with Gasteiger partial charge in [-0.3, -0.25) is 14.5 Å². The highest BCUT2D eigenvalue weighted by Gasteiger charge is 2.46. The van der Waals surface area contributed by atoms with Crippen molar-refractivity contribution in [3.05, 3.63) is 29.8 Å². The Labute approximate surface area is 178 Å². The lowest BCUT2D eigenvalue weighted by molar-refractivity contribution is -0.147. The fraction of sp³-hybridized carbons (Fsp3) is 0.636. The summed E-state index contributed by atoms with van der Waals surface area (Å²) in [5.74, 6) is 0.258. The van der Waals surface area contributed by atoms with Gasteiger partial charge in [-0.05, 0) is 50.0 Å². The second-order valence-corrected chi connectivity index (χ2v) is 11.2. The van der Waals surface area contributed by atoms with Gasteiger partial charge in [-0.2, -0.15) is 0 Å². The quantitative estimate of drug-likeness (QED) is 0.636. The Morgan fingerprint density at radius 2 is 1.83 bits per heavy atom. The molecule has 1 aromatic rings. The summed E-state index contributed by atoms with van der Waals surface area (Å²) in [6.07, 6.45) is 5.09. The summed E-state index contributed by atoms with van der Waals surface area (Å²) in [6, 6.07) is 7.15. The molecule has 1 amide bonds. The second-order valence-electron chi connectivity index (χ2n) is 9.23. The highest BCUT2D eigenvalue weighted by atomic mass is 32.2. The van der Waals surface area contributed by atoms with Crippen LogP contribution in [0.2, 0.25) is 0 Å². The van der Waals surface area contributed by atoms with Crippen LogP contribution in [0.25, 0.3) is 0 Å². The van der Waals surface area contributed by atoms with Gasteiger partial charge in [0.25, 0.3) is 0 Å². The minimum Gasteiger partial charge on any atom is -0.465 e. The third-order valence-corrected chi connectivity index (χ3v) is 7.91. The Balaban J connectivity index is 1.19. The van der Waals surface area contributed by atoms with Crippen LogP contribution in [0, 0.1) is 11.3 Å². The predicted molar refractivity (Wildman–Crippen MR) is 111 cm³/mol. The zero-order chi connectivity index (χ0) is 21.4. The lowest BCUT2D eigenvalue weighted by Gasteiger charge is -2.54. The molecule has 0 aromatic heterocycles. The number of esters is 1. The zero-order valence-corrected chi connectivity index (χ0v) is 18.3. The number of benzene rings is 1. The van der Waals surface area contributed by atoms with E-state index in [0.717, 1.165) is 57.5 Å². The molecule has 3 fully saturated rings. The van der Waals surface area contributed by atoms with E-state index in [-0.39, 0.29) is 23.2 Å². The Morgan fingerprint density at radius 1 is 1.17 bits per heavy atom. The monoisotopic (exact) mass is 434 g/mol. The molecule has 0 saturated carbocycles. The van der Waals surface area contributed by atoms with E-state index in [9.17, 15) is 18.0 Å². The average molecular weight is 435 g/mol. The van der Waals surface area contributed by atoms with E-state index in [4.69, 9.17) is 4.74 Å². The molecule has 3 heterocycles. The molecule has 3 aliphatic heterocycles. The first kappa shape index (κ1) is 21.3. The maximum absolute atomic E-state index is 12.4. The first-order chi connectivity index (χ1) is 14.2. The summed E-state index contributed by atoms with van der Waals surface area (Å²) >= 11 is 0. The number of carbonyl (C=O) groups excluding carboxylic acids is 2. The van der Waals surface area contributed by atoms with E-state index in [1.165, 1.54) is 6.26 Å². The summed E-state index contributed by atoms with van der Waals surface area (Å²) in [6.45, 7) is 4.98. The minimum absolute atomic E-state index is 0.145. The predicted octanol–water partition coefficient (Wildman–Crippen LogP) is 1.86. The lowest BCUT2D eigenvalue weighted by atomic mass is 9.71. The smallest absolute Gasteiger partial charge is 0.306 e. The van der Waals surface area contributed by atoms with Crippen LogP contribution in [0.15, 0.2) is 29.2 Å². The van der Waals surface area contributed by atoms with Gasteiger partial charge < -0.3 is 9.64 Å². The van der Waals surface area contributed by atoms with Gasteiger partial charge in [0.2, 0.25) is 5.91 Å². The maximum Gasteiger partial charge on any atom is 0.306 e. The van der Waals surface area contributed by atoms with Crippen LogP contribution in [0.4, 0.5) is 0 Å². The Bertz CT molecular complexity index is 896. The lowest BCUT2D eigenvalue weighted by Crippen LogP contribution is -2.61. The molecule has 1 atom stereocenters. The van der Waals surface area contributed by atoms with Crippen molar-refractivity contribution >= 4 is 21.7 Å². The number of nitrogens with zero attached hydrogens (tertiary/aromatic N) is 2. The molecule has 3 aliphatic rings. The second kappa shape index (κ2) is 8.30. The molecule has 0 N–H and O–H groups in total. The van der Waals surface area contributed by atoms with Crippen molar-refractivity contribution in [2.45, 2.75) is 43.5 Å². The Morgan fingerprint density at radius 3 is 2.40 bits per heavy atom. The van der Waals surface area contributed by atoms with Gasteiger partial charge >= 0.3 is 5.97 Å². The van der Waals surface area contributed by atoms with Gasteiger partial charge in [0.1, 0.15) is 0 Å². The molecule has 4 rings (SSSR count). The van der Waals surface area contributed by atoms with Gasteiger partial charge in [0.05, 0.1) is 17.9 Å². The molecule has 30 heavy (non-hydrogen) atoms. The Hall–Kier alpha value is -1.93. The first-order valence-corrected chi connectivity index (χ1v) is 12.6. The van der Waals surface area contributed by atoms with Crippen LogP contribution in [0.3, 0.4) is 0 Å². The number of piperidine rings is 1. The van der Waals surface area contributed by atoms with E-state index in [2.05, 4.69) is 4.90 Å². The molecule has 0 unspecified atom stereocenters. The van der Waals surface area contributed by atoms with E-state index in [1.807, 2.05) is 17.0 Å². The summed E-state index contributed by atoms with van der Waals surface area (Å²) < 4.78 is 28.1. The van der Waals surface area contributed by atoms with Crippen molar-refractivity contribution < 1.29 is 22.7 Å². The van der Waals surface area contributed by atoms with Gasteiger partial charge in [-0.25, -0.2) is 8.42 Å². The molecule has 7 nitrogen and oxygen atoms in total. The van der Waals surface area contributed by atoms with Gasteiger partial charge in [0, 0.05) is 43.6 Å². The van der Waals surface area contributed by atoms with Crippen LogP contribution in [-0.4, -0.2) is 69.1 Å². The average Bonchev–Trinajstić information content (AvgIpc) is 3.10. The first-order valence-electron chi connectivity index (χ1n) is 10.7. The summed E-state index contributed by atoms with van der Waals surface area (Å²) in [5.41, 5.74) is 1.39. The summed E-state index contributed by atoms with van der Waals surface area (Å²) in [4.78, 5) is 28.3. The van der Waals surface area contributed by atoms with Crippen LogP contribution in [-0.2, 0) is 30.7 Å². The third-order valence-electron chi connectivity index (χ3n) is 6.78. The molecule has 0 aliphatic carbocycles. The number of ether oxygens (including phenoxy) is 1. The van der Waals surface area contributed by atoms with Crippen LogP contribution in [0.5, 0.6) is 0 Å². The topological polar surface area (TPSA) is 84.0 Å². The van der Waals surface area contributed by atoms with E-state index < -0.39 is 9.84 Å². The SMILES string of the molecule is CS(=O)(=O)c1ccc(CN2CCC3(CC2)CN(C(=O)CC[C@@H]2COC(=O)C2)C3)cc1. The number of likely N-dealkylation sites (tertiary alicyclic amines) is 2. The van der Waals surface area contributed by atoms with Gasteiger partial charge in [-0.1, -0.05) is 12.1 Å². The van der Waals surface area contributed by atoms with Crippen molar-refractivity contribution in [3.8, 4) is 0 Å². The number of hydrogen-bond donors (Lipinski definition) is 0. The molecule has 1 spiro atoms. The highest BCUT2D eigenvalue weighted by molar-refractivity contribution is 7.90. The van der Waals surface area contributed by atoms with Crippen molar-refractivity contribution in [2.75, 3.05) is 39.0 Å². The van der Waals surface area contributed by atoms with Crippen molar-refractivity contribution in [1.82, 2.24) is 9.80 Å². The normalized spacial score (nSPS) is 24.0. The molecular weight excluding hydrogens is 404 g/mol. The third kappa shape index (κ3) is 4.86. The van der Waals surface area contributed by atoms with Crippen LogP contribution >= 0.6 is 0 Å². The van der Waals surface area contributed by atoms with E-state index in [0.29, 0.717) is 24.3 Å². The molecular formula is C22H30N2O5S. The summed E-state index contributed by atoms with van der Waals surface area (Å²) in [7, 11) is -3.15. The van der Waals surface area contributed by atoms with Crippen molar-refractivity contribution in [2.24, 2.45) is 11.3 Å². The van der Waals surface area contributed by atoms with Gasteiger partial charge in [-0.15, -0.1) is 0 Å². The molecule has 0 bridgehead atoms. The number of rotatable bonds is 6. The Kier molecular flexibility index (Phi) is 5.90. The fourth-order valence-electron chi connectivity index (χ4n) is 4.78. The molecule has 8 heteroatoms. The van der Waals surface area contributed by atoms with E-state index in [1.54, 1.807) is 12.1 Å².